The first-order chi connectivity index (χ1) is 14.2. The van der Waals surface area contributed by atoms with Gasteiger partial charge in [0.2, 0.25) is 0 Å². The van der Waals surface area contributed by atoms with Gasteiger partial charge in [0, 0.05) is 30.4 Å². The van der Waals surface area contributed by atoms with Gasteiger partial charge in [-0.2, -0.15) is 5.10 Å². The molecule has 1 fully saturated rings. The minimum absolute atomic E-state index is 0.235. The second-order valence-electron chi connectivity index (χ2n) is 7.16. The van der Waals surface area contributed by atoms with Gasteiger partial charge in [-0.05, 0) is 42.8 Å². The van der Waals surface area contributed by atoms with Gasteiger partial charge in [0.1, 0.15) is 5.69 Å². The van der Waals surface area contributed by atoms with Crippen molar-refractivity contribution in [3.8, 4) is 11.5 Å². The van der Waals surface area contributed by atoms with E-state index in [-0.39, 0.29) is 12.0 Å². The van der Waals surface area contributed by atoms with Crippen LogP contribution >= 0.6 is 0 Å². The predicted molar refractivity (Wildman–Crippen MR) is 111 cm³/mol. The van der Waals surface area contributed by atoms with Crippen molar-refractivity contribution in [3.05, 3.63) is 60.2 Å². The summed E-state index contributed by atoms with van der Waals surface area (Å²) in [5.41, 5.74) is 4.05. The molecular weight excluding hydrogens is 368 g/mol. The van der Waals surface area contributed by atoms with E-state index in [1.54, 1.807) is 18.2 Å². The van der Waals surface area contributed by atoms with Gasteiger partial charge in [-0.25, -0.2) is 4.98 Å². The molecule has 1 amide bonds. The Kier molecular flexibility index (Phi) is 4.25. The van der Waals surface area contributed by atoms with Crippen molar-refractivity contribution in [1.29, 1.82) is 0 Å². The molecule has 0 bridgehead atoms. The van der Waals surface area contributed by atoms with Gasteiger partial charge in [0.15, 0.2) is 11.6 Å². The summed E-state index contributed by atoms with van der Waals surface area (Å²) in [6.45, 7) is 1.45. The lowest BCUT2D eigenvalue weighted by Gasteiger charge is -2.17. The van der Waals surface area contributed by atoms with E-state index in [4.69, 9.17) is 0 Å². The Bertz CT molecular complexity index is 1130. The predicted octanol–water partition coefficient (Wildman–Crippen LogP) is 2.78. The second kappa shape index (κ2) is 7.06. The first-order valence-electron chi connectivity index (χ1n) is 9.51. The molecule has 0 aliphatic carbocycles. The molecule has 5 rings (SSSR count). The normalized spacial score (nSPS) is 16.4. The van der Waals surface area contributed by atoms with Crippen LogP contribution in [0.2, 0.25) is 0 Å². The number of H-pyrrole nitrogens is 2. The number of fused-ring (bicyclic) bond motifs is 1. The fraction of sp³-hybridized carbons (Fsp3) is 0.190. The van der Waals surface area contributed by atoms with Crippen LogP contribution in [0.4, 0.5) is 11.5 Å². The van der Waals surface area contributed by atoms with Gasteiger partial charge in [-0.1, -0.05) is 12.1 Å². The maximum Gasteiger partial charge on any atom is 0.256 e. The van der Waals surface area contributed by atoms with Crippen LogP contribution in [0.15, 0.2) is 54.6 Å². The number of anilines is 2. The number of nitrogens with one attached hydrogen (secondary N) is 3. The Morgan fingerprint density at radius 1 is 1.17 bits per heavy atom. The first kappa shape index (κ1) is 17.4. The lowest BCUT2D eigenvalue weighted by Crippen LogP contribution is -2.21. The van der Waals surface area contributed by atoms with Crippen molar-refractivity contribution in [2.75, 3.05) is 23.3 Å². The number of aliphatic hydroxyl groups excluding tert-OH is 1. The monoisotopic (exact) mass is 388 g/mol. The number of para-hydroxylation sites is 2. The van der Waals surface area contributed by atoms with Crippen molar-refractivity contribution in [3.63, 3.8) is 0 Å². The fourth-order valence-corrected chi connectivity index (χ4v) is 3.58. The van der Waals surface area contributed by atoms with Crippen LogP contribution in [0.1, 0.15) is 16.8 Å². The highest BCUT2D eigenvalue weighted by molar-refractivity contribution is 6.04. The zero-order valence-corrected chi connectivity index (χ0v) is 15.6. The van der Waals surface area contributed by atoms with Gasteiger partial charge >= 0.3 is 0 Å². The molecule has 1 saturated heterocycles. The molecule has 0 spiro atoms. The Labute approximate surface area is 166 Å². The zero-order valence-electron chi connectivity index (χ0n) is 15.6. The third-order valence-corrected chi connectivity index (χ3v) is 5.12. The van der Waals surface area contributed by atoms with E-state index in [2.05, 4.69) is 30.4 Å². The number of aliphatic hydroxyl groups is 1. The van der Waals surface area contributed by atoms with Crippen LogP contribution in [0.3, 0.4) is 0 Å². The summed E-state index contributed by atoms with van der Waals surface area (Å²) >= 11 is 0. The Hall–Kier alpha value is -3.65. The molecule has 2 aromatic heterocycles. The maximum atomic E-state index is 12.5. The minimum atomic E-state index is -0.279. The van der Waals surface area contributed by atoms with Gasteiger partial charge in [-0.3, -0.25) is 9.89 Å². The summed E-state index contributed by atoms with van der Waals surface area (Å²) in [6, 6.07) is 16.9. The quantitative estimate of drug-likeness (QED) is 0.430. The van der Waals surface area contributed by atoms with E-state index < -0.39 is 0 Å². The largest absolute Gasteiger partial charge is 0.391 e. The molecule has 1 aliphatic rings. The van der Waals surface area contributed by atoms with Crippen LogP contribution in [-0.2, 0) is 0 Å². The van der Waals surface area contributed by atoms with Crippen LogP contribution < -0.4 is 10.2 Å². The van der Waals surface area contributed by atoms with E-state index in [1.165, 1.54) is 0 Å². The van der Waals surface area contributed by atoms with Crippen LogP contribution in [0.5, 0.6) is 0 Å². The zero-order chi connectivity index (χ0) is 19.8. The molecule has 1 unspecified atom stereocenters. The molecule has 1 aliphatic heterocycles. The minimum Gasteiger partial charge on any atom is -0.391 e. The van der Waals surface area contributed by atoms with E-state index in [0.717, 1.165) is 29.7 Å². The number of amides is 1. The summed E-state index contributed by atoms with van der Waals surface area (Å²) in [6.07, 6.45) is 0.494. The highest BCUT2D eigenvalue weighted by Crippen LogP contribution is 2.23. The Morgan fingerprint density at radius 3 is 2.76 bits per heavy atom. The first-order valence-corrected chi connectivity index (χ1v) is 9.51. The number of carbonyl (C=O) groups is 1. The molecule has 0 saturated carbocycles. The number of carbonyl (C=O) groups excluding carboxylic acids is 1. The number of hydrogen-bond donors (Lipinski definition) is 4. The topological polar surface area (TPSA) is 110 Å². The highest BCUT2D eigenvalue weighted by atomic mass is 16.3. The number of aromatic amines is 2. The Morgan fingerprint density at radius 2 is 2.00 bits per heavy atom. The molecule has 4 N–H and O–H groups in total. The molecule has 4 aromatic rings. The number of rotatable bonds is 4. The van der Waals surface area contributed by atoms with E-state index >= 15 is 0 Å². The van der Waals surface area contributed by atoms with Gasteiger partial charge < -0.3 is 20.3 Å². The van der Waals surface area contributed by atoms with Crippen molar-refractivity contribution in [2.45, 2.75) is 12.5 Å². The molecule has 146 valence electrons. The average Bonchev–Trinajstić information content (AvgIpc) is 3.47. The molecule has 29 heavy (non-hydrogen) atoms. The number of nitrogens with zero attached hydrogens (tertiary/aromatic N) is 3. The number of hydrogen-bond acceptors (Lipinski definition) is 5. The smallest absolute Gasteiger partial charge is 0.256 e. The highest BCUT2D eigenvalue weighted by Gasteiger charge is 2.20. The van der Waals surface area contributed by atoms with Crippen molar-refractivity contribution in [1.82, 2.24) is 20.2 Å². The Balaban J connectivity index is 1.28. The van der Waals surface area contributed by atoms with Gasteiger partial charge in [0.05, 0.1) is 17.1 Å². The van der Waals surface area contributed by atoms with E-state index in [1.807, 2.05) is 36.4 Å². The SMILES string of the molecule is O=C(Nc1cc(-c2nc3ccccc3[nH]2)[nH]n1)c1ccc(N2CCC(O)C2)cc1. The second-order valence-corrected chi connectivity index (χ2v) is 7.16. The van der Waals surface area contributed by atoms with Crippen molar-refractivity contribution >= 4 is 28.4 Å². The van der Waals surface area contributed by atoms with Crippen molar-refractivity contribution < 1.29 is 9.90 Å². The fourth-order valence-electron chi connectivity index (χ4n) is 3.58. The van der Waals surface area contributed by atoms with Gasteiger partial charge in [-0.15, -0.1) is 0 Å². The van der Waals surface area contributed by atoms with Crippen LogP contribution in [-0.4, -0.2) is 50.4 Å². The lowest BCUT2D eigenvalue weighted by atomic mass is 10.2. The summed E-state index contributed by atoms with van der Waals surface area (Å²) in [7, 11) is 0. The molecule has 8 heteroatoms. The molecule has 8 nitrogen and oxygen atoms in total. The summed E-state index contributed by atoms with van der Waals surface area (Å²) in [4.78, 5) is 22.4. The van der Waals surface area contributed by atoms with Crippen molar-refractivity contribution in [2.24, 2.45) is 0 Å². The third-order valence-electron chi connectivity index (χ3n) is 5.12. The summed E-state index contributed by atoms with van der Waals surface area (Å²) in [5.74, 6) is 0.856. The number of β-amino-alcohol motifs (C(OH)–C–C–N with tert-alkyl or cyclic N) is 1. The molecular formula is C21H20N6O2. The number of imidazole rings is 1. The standard InChI is InChI=1S/C21H20N6O2/c28-15-9-10-27(12-15)14-7-5-13(6-8-14)21(29)24-19-11-18(25-26-19)20-22-16-3-1-2-4-17(16)23-20/h1-8,11,15,28H,9-10,12H2,(H,22,23)(H2,24,25,26,29). The molecule has 0 radical (unpaired) electrons. The summed E-state index contributed by atoms with van der Waals surface area (Å²) in [5, 5.41) is 19.5. The van der Waals surface area contributed by atoms with Crippen LogP contribution in [0.25, 0.3) is 22.6 Å². The summed E-state index contributed by atoms with van der Waals surface area (Å²) < 4.78 is 0. The molecule has 3 heterocycles. The lowest BCUT2D eigenvalue weighted by molar-refractivity contribution is 0.102. The van der Waals surface area contributed by atoms with E-state index in [0.29, 0.717) is 29.4 Å². The van der Waals surface area contributed by atoms with Crippen LogP contribution in [0, 0.1) is 0 Å². The molecule has 1 atom stereocenters. The van der Waals surface area contributed by atoms with Gasteiger partial charge in [0.25, 0.3) is 5.91 Å². The number of aromatic nitrogens is 4. The average molecular weight is 388 g/mol. The maximum absolute atomic E-state index is 12.5. The van der Waals surface area contributed by atoms with E-state index in [9.17, 15) is 9.90 Å². The number of benzene rings is 2. The molecule has 2 aromatic carbocycles. The third kappa shape index (κ3) is 3.45.